The van der Waals surface area contributed by atoms with Crippen molar-refractivity contribution in [1.82, 2.24) is 15.1 Å². The number of rotatable bonds is 6. The first-order valence-electron chi connectivity index (χ1n) is 7.17. The van der Waals surface area contributed by atoms with Crippen molar-refractivity contribution in [2.75, 3.05) is 6.54 Å². The SMILES string of the molecule is Cc1cc(C)n(CCCNC(C)c2ccc(Cl)cc2Cl)n1. The Balaban J connectivity index is 1.81. The molecule has 1 aromatic carbocycles. The van der Waals surface area contributed by atoms with Crippen molar-refractivity contribution in [3.63, 3.8) is 0 Å². The third kappa shape index (κ3) is 4.47. The first-order valence-corrected chi connectivity index (χ1v) is 7.92. The number of nitrogens with zero attached hydrogens (tertiary/aromatic N) is 2. The van der Waals surface area contributed by atoms with Crippen LogP contribution in [0.2, 0.25) is 10.0 Å². The van der Waals surface area contributed by atoms with Gasteiger partial charge in [0.1, 0.15) is 0 Å². The number of halogens is 2. The molecule has 1 unspecified atom stereocenters. The van der Waals surface area contributed by atoms with E-state index >= 15 is 0 Å². The molecule has 0 saturated heterocycles. The maximum atomic E-state index is 6.22. The van der Waals surface area contributed by atoms with Crippen molar-refractivity contribution in [3.05, 3.63) is 51.3 Å². The molecule has 1 N–H and O–H groups in total. The Morgan fingerprint density at radius 3 is 2.62 bits per heavy atom. The lowest BCUT2D eigenvalue weighted by molar-refractivity contribution is 0.500. The average molecular weight is 326 g/mol. The molecule has 2 aromatic rings. The van der Waals surface area contributed by atoms with E-state index in [-0.39, 0.29) is 6.04 Å². The second-order valence-electron chi connectivity index (χ2n) is 5.35. The third-order valence-corrected chi connectivity index (χ3v) is 4.09. The topological polar surface area (TPSA) is 29.9 Å². The number of benzene rings is 1. The molecule has 2 rings (SSSR count). The number of nitrogens with one attached hydrogen (secondary N) is 1. The van der Waals surface area contributed by atoms with Gasteiger partial charge in [0.25, 0.3) is 0 Å². The highest BCUT2D eigenvalue weighted by atomic mass is 35.5. The van der Waals surface area contributed by atoms with Crippen molar-refractivity contribution in [3.8, 4) is 0 Å². The summed E-state index contributed by atoms with van der Waals surface area (Å²) in [5.74, 6) is 0. The fourth-order valence-electron chi connectivity index (χ4n) is 2.41. The first kappa shape index (κ1) is 16.3. The zero-order chi connectivity index (χ0) is 15.4. The highest BCUT2D eigenvalue weighted by Gasteiger charge is 2.09. The third-order valence-electron chi connectivity index (χ3n) is 3.53. The van der Waals surface area contributed by atoms with Crippen LogP contribution >= 0.6 is 23.2 Å². The van der Waals surface area contributed by atoms with Crippen LogP contribution in [0, 0.1) is 13.8 Å². The molecule has 0 spiro atoms. The molecule has 1 atom stereocenters. The summed E-state index contributed by atoms with van der Waals surface area (Å²) in [5, 5.41) is 9.33. The predicted molar refractivity (Wildman–Crippen MR) is 89.2 cm³/mol. The molecule has 0 radical (unpaired) electrons. The molecule has 0 aliphatic heterocycles. The van der Waals surface area contributed by atoms with Crippen LogP contribution in [0.4, 0.5) is 0 Å². The first-order chi connectivity index (χ1) is 9.97. The predicted octanol–water partition coefficient (Wildman–Crippen LogP) is 4.55. The molecule has 21 heavy (non-hydrogen) atoms. The highest BCUT2D eigenvalue weighted by molar-refractivity contribution is 6.35. The van der Waals surface area contributed by atoms with Gasteiger partial charge in [-0.05, 0) is 57.5 Å². The van der Waals surface area contributed by atoms with Crippen LogP contribution in [-0.2, 0) is 6.54 Å². The van der Waals surface area contributed by atoms with Gasteiger partial charge in [0.05, 0.1) is 5.69 Å². The lowest BCUT2D eigenvalue weighted by Gasteiger charge is -2.16. The molecule has 114 valence electrons. The van der Waals surface area contributed by atoms with Gasteiger partial charge >= 0.3 is 0 Å². The summed E-state index contributed by atoms with van der Waals surface area (Å²) in [6, 6.07) is 7.94. The normalized spacial score (nSPS) is 12.6. The number of aromatic nitrogens is 2. The van der Waals surface area contributed by atoms with Crippen LogP contribution in [0.1, 0.15) is 36.3 Å². The van der Waals surface area contributed by atoms with Crippen LogP contribution in [0.3, 0.4) is 0 Å². The van der Waals surface area contributed by atoms with Gasteiger partial charge in [0, 0.05) is 28.3 Å². The molecule has 1 heterocycles. The Morgan fingerprint density at radius 2 is 2.00 bits per heavy atom. The van der Waals surface area contributed by atoms with E-state index in [1.54, 1.807) is 6.07 Å². The fraction of sp³-hybridized carbons (Fsp3) is 0.438. The van der Waals surface area contributed by atoms with E-state index < -0.39 is 0 Å². The van der Waals surface area contributed by atoms with Gasteiger partial charge in [-0.2, -0.15) is 5.10 Å². The van der Waals surface area contributed by atoms with Crippen molar-refractivity contribution in [1.29, 1.82) is 0 Å². The minimum Gasteiger partial charge on any atom is -0.310 e. The van der Waals surface area contributed by atoms with Gasteiger partial charge < -0.3 is 5.32 Å². The number of hydrogen-bond acceptors (Lipinski definition) is 2. The van der Waals surface area contributed by atoms with Gasteiger partial charge in [0.2, 0.25) is 0 Å². The molecular weight excluding hydrogens is 305 g/mol. The smallest absolute Gasteiger partial charge is 0.0596 e. The Morgan fingerprint density at radius 1 is 1.24 bits per heavy atom. The van der Waals surface area contributed by atoms with E-state index in [1.807, 2.05) is 19.1 Å². The van der Waals surface area contributed by atoms with Crippen LogP contribution in [0.25, 0.3) is 0 Å². The quantitative estimate of drug-likeness (QED) is 0.790. The largest absolute Gasteiger partial charge is 0.310 e. The van der Waals surface area contributed by atoms with E-state index in [4.69, 9.17) is 23.2 Å². The maximum absolute atomic E-state index is 6.22. The van der Waals surface area contributed by atoms with E-state index in [2.05, 4.69) is 35.0 Å². The molecule has 3 nitrogen and oxygen atoms in total. The van der Waals surface area contributed by atoms with Crippen LogP contribution in [0.15, 0.2) is 24.3 Å². The summed E-state index contributed by atoms with van der Waals surface area (Å²) in [7, 11) is 0. The zero-order valence-corrected chi connectivity index (χ0v) is 14.2. The van der Waals surface area contributed by atoms with Crippen molar-refractivity contribution < 1.29 is 0 Å². The number of aryl methyl sites for hydroxylation is 3. The highest BCUT2D eigenvalue weighted by Crippen LogP contribution is 2.25. The van der Waals surface area contributed by atoms with Gasteiger partial charge in [0.15, 0.2) is 0 Å². The Hall–Kier alpha value is -1.03. The number of hydrogen-bond donors (Lipinski definition) is 1. The molecule has 5 heteroatoms. The molecule has 1 aromatic heterocycles. The van der Waals surface area contributed by atoms with Gasteiger partial charge in [-0.25, -0.2) is 0 Å². The Kier molecular flexibility index (Phi) is 5.68. The maximum Gasteiger partial charge on any atom is 0.0596 e. The summed E-state index contributed by atoms with van der Waals surface area (Å²) in [4.78, 5) is 0. The molecule has 0 aliphatic carbocycles. The molecular formula is C16H21Cl2N3. The average Bonchev–Trinajstić information content (AvgIpc) is 2.73. The summed E-state index contributed by atoms with van der Waals surface area (Å²) in [6.07, 6.45) is 1.03. The van der Waals surface area contributed by atoms with Crippen LogP contribution in [0.5, 0.6) is 0 Å². The van der Waals surface area contributed by atoms with E-state index in [9.17, 15) is 0 Å². The minimum absolute atomic E-state index is 0.204. The van der Waals surface area contributed by atoms with E-state index in [0.29, 0.717) is 10.0 Å². The van der Waals surface area contributed by atoms with Crippen molar-refractivity contribution in [2.45, 2.75) is 39.8 Å². The monoisotopic (exact) mass is 325 g/mol. The lowest BCUT2D eigenvalue weighted by Crippen LogP contribution is -2.21. The zero-order valence-electron chi connectivity index (χ0n) is 12.7. The summed E-state index contributed by atoms with van der Waals surface area (Å²) >= 11 is 12.1. The van der Waals surface area contributed by atoms with Crippen molar-refractivity contribution in [2.24, 2.45) is 0 Å². The molecule has 0 aliphatic rings. The summed E-state index contributed by atoms with van der Waals surface area (Å²) < 4.78 is 2.05. The van der Waals surface area contributed by atoms with Gasteiger partial charge in [-0.1, -0.05) is 29.3 Å². The standard InChI is InChI=1S/C16H21Cl2N3/c1-11-9-12(2)21(20-11)8-4-7-19-13(3)15-6-5-14(17)10-16(15)18/h5-6,9-10,13,19H,4,7-8H2,1-3H3. The summed E-state index contributed by atoms with van der Waals surface area (Å²) in [5.41, 5.74) is 3.36. The van der Waals surface area contributed by atoms with E-state index in [1.165, 1.54) is 5.69 Å². The molecule has 0 fully saturated rings. The minimum atomic E-state index is 0.204. The molecule has 0 amide bonds. The van der Waals surface area contributed by atoms with Crippen LogP contribution in [-0.4, -0.2) is 16.3 Å². The van der Waals surface area contributed by atoms with Crippen LogP contribution < -0.4 is 5.32 Å². The van der Waals surface area contributed by atoms with Crippen molar-refractivity contribution >= 4 is 23.2 Å². The second kappa shape index (κ2) is 7.30. The Labute approximate surface area is 136 Å². The second-order valence-corrected chi connectivity index (χ2v) is 6.19. The fourth-order valence-corrected chi connectivity index (χ4v) is 2.98. The van der Waals surface area contributed by atoms with E-state index in [0.717, 1.165) is 30.8 Å². The van der Waals surface area contributed by atoms with Gasteiger partial charge in [-0.3, -0.25) is 4.68 Å². The Bertz CT molecular complexity index is 608. The molecule has 0 bridgehead atoms. The molecule has 0 saturated carbocycles. The summed E-state index contributed by atoms with van der Waals surface area (Å²) in [6.45, 7) is 8.06. The lowest BCUT2D eigenvalue weighted by atomic mass is 10.1. The van der Waals surface area contributed by atoms with Gasteiger partial charge in [-0.15, -0.1) is 0 Å².